The van der Waals surface area contributed by atoms with Gasteiger partial charge in [-0.2, -0.15) is 0 Å². The summed E-state index contributed by atoms with van der Waals surface area (Å²) in [5, 5.41) is 3.22. The maximum absolute atomic E-state index is 13.7. The van der Waals surface area contributed by atoms with Gasteiger partial charge < -0.3 is 19.7 Å². The van der Waals surface area contributed by atoms with Crippen molar-refractivity contribution in [3.63, 3.8) is 0 Å². The van der Waals surface area contributed by atoms with E-state index in [1.807, 2.05) is 78.9 Å². The Kier molecular flexibility index (Phi) is 9.82. The van der Waals surface area contributed by atoms with Gasteiger partial charge in [-0.25, -0.2) is 0 Å². The number of rotatable bonds is 11. The van der Waals surface area contributed by atoms with E-state index in [1.165, 1.54) is 0 Å². The Morgan fingerprint density at radius 2 is 1.65 bits per heavy atom. The number of methoxy groups -OCH3 is 1. The molecule has 1 N–H and O–H groups in total. The van der Waals surface area contributed by atoms with Crippen molar-refractivity contribution in [3.8, 4) is 11.5 Å². The van der Waals surface area contributed by atoms with Crippen LogP contribution in [-0.4, -0.2) is 42.5 Å². The molecule has 1 atom stereocenters. The molecule has 0 heterocycles. The molecule has 0 bridgehead atoms. The van der Waals surface area contributed by atoms with Crippen LogP contribution < -0.4 is 14.8 Å². The average Bonchev–Trinajstić information content (AvgIpc) is 3.44. The lowest BCUT2D eigenvalue weighted by Gasteiger charge is -2.32. The fraction of sp³-hybridized carbons (Fsp3) is 0.333. The summed E-state index contributed by atoms with van der Waals surface area (Å²) in [7, 11) is 1.62. The fourth-order valence-electron chi connectivity index (χ4n) is 4.65. The van der Waals surface area contributed by atoms with Gasteiger partial charge in [0, 0.05) is 22.6 Å². The van der Waals surface area contributed by atoms with E-state index < -0.39 is 6.04 Å². The molecule has 1 aliphatic rings. The Morgan fingerprint density at radius 1 is 0.946 bits per heavy atom. The maximum Gasteiger partial charge on any atom is 0.261 e. The quantitative estimate of drug-likeness (QED) is 0.296. The number of hydrogen-bond donors (Lipinski definition) is 1. The van der Waals surface area contributed by atoms with E-state index in [-0.39, 0.29) is 31.0 Å². The van der Waals surface area contributed by atoms with Crippen LogP contribution in [0.2, 0.25) is 0 Å². The lowest BCUT2D eigenvalue weighted by molar-refractivity contribution is -0.143. The molecule has 4 rings (SSSR count). The normalized spacial score (nSPS) is 14.1. The van der Waals surface area contributed by atoms with Crippen LogP contribution in [0.25, 0.3) is 0 Å². The summed E-state index contributed by atoms with van der Waals surface area (Å²) >= 11 is 2.23. The number of carbonyl (C=O) groups is 2. The second-order valence-corrected chi connectivity index (χ2v) is 10.6. The van der Waals surface area contributed by atoms with Gasteiger partial charge in [0.25, 0.3) is 5.91 Å². The Bertz CT molecular complexity index is 1160. The molecule has 1 saturated carbocycles. The molecule has 0 saturated heterocycles. The Morgan fingerprint density at radius 3 is 2.35 bits per heavy atom. The molecule has 0 aromatic heterocycles. The fourth-order valence-corrected chi connectivity index (χ4v) is 5.01. The summed E-state index contributed by atoms with van der Waals surface area (Å²) < 4.78 is 12.3. The standard InChI is InChI=1S/C30H33IN2O4/c1-36-27-13-7-10-23(18-27)20-33(29(34)21-37-26-16-14-24(31)15-17-26)28(19-22-8-3-2-4-9-22)30(35)32-25-11-5-6-12-25/h2-4,7-10,13-18,25,28H,5-6,11-12,19-21H2,1H3,(H,32,35). The minimum absolute atomic E-state index is 0.124. The van der Waals surface area contributed by atoms with Crippen molar-refractivity contribution in [2.45, 2.75) is 50.7 Å². The van der Waals surface area contributed by atoms with Crippen LogP contribution in [0.4, 0.5) is 0 Å². The van der Waals surface area contributed by atoms with Gasteiger partial charge in [-0.1, -0.05) is 55.3 Å². The first-order valence-electron chi connectivity index (χ1n) is 12.7. The molecule has 1 fully saturated rings. The van der Waals surface area contributed by atoms with Crippen molar-refractivity contribution < 1.29 is 19.1 Å². The summed E-state index contributed by atoms with van der Waals surface area (Å²) in [4.78, 5) is 29.1. The Labute approximate surface area is 232 Å². The first-order valence-corrected chi connectivity index (χ1v) is 13.7. The molecule has 6 nitrogen and oxygen atoms in total. The van der Waals surface area contributed by atoms with Gasteiger partial charge in [0.1, 0.15) is 17.5 Å². The van der Waals surface area contributed by atoms with Gasteiger partial charge >= 0.3 is 0 Å². The highest BCUT2D eigenvalue weighted by molar-refractivity contribution is 14.1. The number of hydrogen-bond acceptors (Lipinski definition) is 4. The van der Waals surface area contributed by atoms with Gasteiger partial charge in [0.2, 0.25) is 5.91 Å². The molecule has 1 unspecified atom stereocenters. The molecular weight excluding hydrogens is 579 g/mol. The van der Waals surface area contributed by atoms with Crippen LogP contribution in [0.1, 0.15) is 36.8 Å². The minimum Gasteiger partial charge on any atom is -0.497 e. The van der Waals surface area contributed by atoms with E-state index in [9.17, 15) is 9.59 Å². The zero-order valence-corrected chi connectivity index (χ0v) is 23.2. The van der Waals surface area contributed by atoms with Crippen LogP contribution in [0.5, 0.6) is 11.5 Å². The first kappa shape index (κ1) is 27.0. The molecule has 2 amide bonds. The number of amides is 2. The third-order valence-corrected chi connectivity index (χ3v) is 7.35. The summed E-state index contributed by atoms with van der Waals surface area (Å²) in [6.07, 6.45) is 4.60. The van der Waals surface area contributed by atoms with E-state index >= 15 is 0 Å². The first-order chi connectivity index (χ1) is 18.0. The molecule has 3 aromatic carbocycles. The van der Waals surface area contributed by atoms with Crippen LogP contribution in [0, 0.1) is 3.57 Å². The van der Waals surface area contributed by atoms with Crippen LogP contribution in [0.3, 0.4) is 0 Å². The summed E-state index contributed by atoms with van der Waals surface area (Å²) in [6, 6.07) is 24.5. The van der Waals surface area contributed by atoms with Gasteiger partial charge in [0.05, 0.1) is 7.11 Å². The van der Waals surface area contributed by atoms with Crippen molar-refractivity contribution in [2.75, 3.05) is 13.7 Å². The maximum atomic E-state index is 13.7. The largest absolute Gasteiger partial charge is 0.497 e. The predicted molar refractivity (Wildman–Crippen MR) is 153 cm³/mol. The molecule has 0 radical (unpaired) electrons. The summed E-state index contributed by atoms with van der Waals surface area (Å²) in [5.41, 5.74) is 1.88. The second kappa shape index (κ2) is 13.5. The van der Waals surface area contributed by atoms with Gasteiger partial charge in [0.15, 0.2) is 6.61 Å². The van der Waals surface area contributed by atoms with Gasteiger partial charge in [-0.15, -0.1) is 0 Å². The summed E-state index contributed by atoms with van der Waals surface area (Å²) in [6.45, 7) is 0.105. The van der Waals surface area contributed by atoms with Crippen molar-refractivity contribution >= 4 is 34.4 Å². The van der Waals surface area contributed by atoms with Crippen LogP contribution in [-0.2, 0) is 22.6 Å². The van der Waals surface area contributed by atoms with E-state index in [0.29, 0.717) is 17.9 Å². The lowest BCUT2D eigenvalue weighted by Crippen LogP contribution is -2.53. The van der Waals surface area contributed by atoms with Gasteiger partial charge in [-0.05, 0) is 83.0 Å². The van der Waals surface area contributed by atoms with Crippen LogP contribution in [0.15, 0.2) is 78.9 Å². The van der Waals surface area contributed by atoms with E-state index in [4.69, 9.17) is 9.47 Å². The molecule has 0 spiro atoms. The van der Waals surface area contributed by atoms with Gasteiger partial charge in [-0.3, -0.25) is 9.59 Å². The Balaban J connectivity index is 1.61. The molecule has 7 heteroatoms. The minimum atomic E-state index is -0.679. The monoisotopic (exact) mass is 612 g/mol. The third-order valence-electron chi connectivity index (χ3n) is 6.64. The smallest absolute Gasteiger partial charge is 0.261 e. The lowest BCUT2D eigenvalue weighted by atomic mass is 10.0. The van der Waals surface area contributed by atoms with Crippen molar-refractivity contribution in [2.24, 2.45) is 0 Å². The number of carbonyl (C=O) groups excluding carboxylic acids is 2. The molecule has 37 heavy (non-hydrogen) atoms. The van der Waals surface area contributed by atoms with E-state index in [1.54, 1.807) is 12.0 Å². The molecule has 1 aliphatic carbocycles. The number of nitrogens with one attached hydrogen (secondary N) is 1. The average molecular weight is 613 g/mol. The topological polar surface area (TPSA) is 67.9 Å². The number of ether oxygens (including phenoxy) is 2. The van der Waals surface area contributed by atoms with E-state index in [2.05, 4.69) is 27.9 Å². The molecule has 3 aromatic rings. The van der Waals surface area contributed by atoms with Crippen LogP contribution >= 0.6 is 22.6 Å². The SMILES string of the molecule is COc1cccc(CN(C(=O)COc2ccc(I)cc2)C(Cc2ccccc2)C(=O)NC2CCCC2)c1. The predicted octanol–water partition coefficient (Wildman–Crippen LogP) is 5.38. The summed E-state index contributed by atoms with van der Waals surface area (Å²) in [5.74, 6) is 0.949. The number of halogens is 1. The Hall–Kier alpha value is -3.07. The molecular formula is C30H33IN2O4. The highest BCUT2D eigenvalue weighted by Crippen LogP contribution is 2.22. The highest BCUT2D eigenvalue weighted by Gasteiger charge is 2.32. The third kappa shape index (κ3) is 7.95. The van der Waals surface area contributed by atoms with Crippen molar-refractivity contribution in [1.29, 1.82) is 0 Å². The van der Waals surface area contributed by atoms with Crippen molar-refractivity contribution in [1.82, 2.24) is 10.2 Å². The second-order valence-electron chi connectivity index (χ2n) is 9.31. The van der Waals surface area contributed by atoms with Crippen molar-refractivity contribution in [3.05, 3.63) is 93.6 Å². The number of nitrogens with zero attached hydrogens (tertiary/aromatic N) is 1. The zero-order chi connectivity index (χ0) is 26.0. The highest BCUT2D eigenvalue weighted by atomic mass is 127. The zero-order valence-electron chi connectivity index (χ0n) is 21.1. The molecule has 0 aliphatic heterocycles. The number of benzene rings is 3. The van der Waals surface area contributed by atoms with E-state index in [0.717, 1.165) is 40.4 Å². The molecule has 194 valence electrons.